The molecule has 1 heterocycles. The number of rotatable bonds is 8. The van der Waals surface area contributed by atoms with Crippen LogP contribution in [0.2, 0.25) is 0 Å². The van der Waals surface area contributed by atoms with Crippen molar-refractivity contribution in [3.8, 4) is 0 Å². The maximum absolute atomic E-state index is 11.9. The van der Waals surface area contributed by atoms with Gasteiger partial charge in [-0.15, -0.1) is 11.3 Å². The first-order valence-electron chi connectivity index (χ1n) is 7.33. The summed E-state index contributed by atoms with van der Waals surface area (Å²) in [6, 6.07) is 0. The molecule has 0 atom stereocenters. The number of hydrogen-bond donors (Lipinski definition) is 2. The SMILES string of the molecule is CN=C(NCCCOCC(F)(F)F)NCCc1nc(C)c(C)s1. The lowest BCUT2D eigenvalue weighted by Gasteiger charge is -2.12. The number of aliphatic imine (C=N–C) groups is 1. The highest BCUT2D eigenvalue weighted by atomic mass is 32.1. The Morgan fingerprint density at radius 3 is 2.52 bits per heavy atom. The molecule has 0 radical (unpaired) electrons. The maximum Gasteiger partial charge on any atom is 0.411 e. The molecule has 0 saturated carbocycles. The average molecular weight is 352 g/mol. The van der Waals surface area contributed by atoms with Gasteiger partial charge in [0.1, 0.15) is 6.61 Å². The minimum atomic E-state index is -4.27. The minimum absolute atomic E-state index is 0.0567. The summed E-state index contributed by atoms with van der Waals surface area (Å²) in [7, 11) is 1.65. The summed E-state index contributed by atoms with van der Waals surface area (Å²) >= 11 is 1.68. The molecule has 0 unspecified atom stereocenters. The van der Waals surface area contributed by atoms with Gasteiger partial charge in [-0.1, -0.05) is 0 Å². The van der Waals surface area contributed by atoms with Gasteiger partial charge in [-0.3, -0.25) is 4.99 Å². The Bertz CT molecular complexity index is 483. The molecule has 0 aliphatic carbocycles. The lowest BCUT2D eigenvalue weighted by molar-refractivity contribution is -0.173. The van der Waals surface area contributed by atoms with Gasteiger partial charge in [-0.25, -0.2) is 4.98 Å². The van der Waals surface area contributed by atoms with Crippen LogP contribution in [0.1, 0.15) is 22.0 Å². The van der Waals surface area contributed by atoms with Crippen LogP contribution in [-0.4, -0.2) is 50.5 Å². The molecule has 132 valence electrons. The number of nitrogens with one attached hydrogen (secondary N) is 2. The largest absolute Gasteiger partial charge is 0.411 e. The summed E-state index contributed by atoms with van der Waals surface area (Å²) < 4.78 is 40.2. The smallest absolute Gasteiger partial charge is 0.372 e. The van der Waals surface area contributed by atoms with Gasteiger partial charge in [0.2, 0.25) is 0 Å². The topological polar surface area (TPSA) is 58.5 Å². The summed E-state index contributed by atoms with van der Waals surface area (Å²) in [5.41, 5.74) is 1.06. The fourth-order valence-corrected chi connectivity index (χ4v) is 2.66. The number of hydrogen-bond acceptors (Lipinski definition) is 4. The van der Waals surface area contributed by atoms with Crippen LogP contribution in [0.25, 0.3) is 0 Å². The Kier molecular flexibility index (Phi) is 8.32. The van der Waals surface area contributed by atoms with Gasteiger partial charge in [0.15, 0.2) is 5.96 Å². The molecule has 5 nitrogen and oxygen atoms in total. The van der Waals surface area contributed by atoms with Crippen LogP contribution in [0.15, 0.2) is 4.99 Å². The monoisotopic (exact) mass is 352 g/mol. The first kappa shape index (κ1) is 19.7. The molecule has 1 aromatic heterocycles. The minimum Gasteiger partial charge on any atom is -0.372 e. The van der Waals surface area contributed by atoms with Gasteiger partial charge in [-0.05, 0) is 20.3 Å². The third-order valence-electron chi connectivity index (χ3n) is 2.95. The molecule has 1 rings (SSSR count). The second-order valence-electron chi connectivity index (χ2n) is 4.95. The van der Waals surface area contributed by atoms with Crippen molar-refractivity contribution < 1.29 is 17.9 Å². The Balaban J connectivity index is 2.12. The molecule has 0 aliphatic heterocycles. The van der Waals surface area contributed by atoms with E-state index >= 15 is 0 Å². The molecule has 2 N–H and O–H groups in total. The lowest BCUT2D eigenvalue weighted by atomic mass is 10.4. The van der Waals surface area contributed by atoms with E-state index in [4.69, 9.17) is 0 Å². The van der Waals surface area contributed by atoms with Gasteiger partial charge in [0.05, 0.1) is 10.7 Å². The number of alkyl halides is 3. The molecule has 0 aliphatic rings. The first-order chi connectivity index (χ1) is 10.8. The van der Waals surface area contributed by atoms with Crippen LogP contribution in [0.4, 0.5) is 13.2 Å². The zero-order valence-corrected chi connectivity index (χ0v) is 14.4. The van der Waals surface area contributed by atoms with Gasteiger partial charge < -0.3 is 15.4 Å². The highest BCUT2D eigenvalue weighted by molar-refractivity contribution is 7.11. The van der Waals surface area contributed by atoms with Gasteiger partial charge >= 0.3 is 6.18 Å². The number of guanidine groups is 1. The van der Waals surface area contributed by atoms with Crippen LogP contribution >= 0.6 is 11.3 Å². The van der Waals surface area contributed by atoms with E-state index in [2.05, 4.69) is 25.3 Å². The predicted molar refractivity (Wildman–Crippen MR) is 86.1 cm³/mol. The van der Waals surface area contributed by atoms with Crippen molar-refractivity contribution in [1.82, 2.24) is 15.6 Å². The van der Waals surface area contributed by atoms with Gasteiger partial charge in [-0.2, -0.15) is 13.2 Å². The van der Waals surface area contributed by atoms with Crippen LogP contribution in [0.5, 0.6) is 0 Å². The first-order valence-corrected chi connectivity index (χ1v) is 8.15. The van der Waals surface area contributed by atoms with E-state index < -0.39 is 12.8 Å². The van der Waals surface area contributed by atoms with Crippen LogP contribution < -0.4 is 10.6 Å². The third kappa shape index (κ3) is 8.75. The number of halogens is 3. The van der Waals surface area contributed by atoms with E-state index in [9.17, 15) is 13.2 Å². The Hall–Kier alpha value is -1.35. The quantitative estimate of drug-likeness (QED) is 0.429. The van der Waals surface area contributed by atoms with Crippen molar-refractivity contribution in [2.24, 2.45) is 4.99 Å². The van der Waals surface area contributed by atoms with Crippen molar-refractivity contribution in [3.63, 3.8) is 0 Å². The molecule has 0 amide bonds. The highest BCUT2D eigenvalue weighted by Crippen LogP contribution is 2.16. The van der Waals surface area contributed by atoms with Crippen LogP contribution in [-0.2, 0) is 11.2 Å². The Morgan fingerprint density at radius 2 is 1.96 bits per heavy atom. The predicted octanol–water partition coefficient (Wildman–Crippen LogP) is 2.44. The van der Waals surface area contributed by atoms with E-state index in [0.29, 0.717) is 25.5 Å². The summed E-state index contributed by atoms with van der Waals surface area (Å²) in [6.07, 6.45) is -2.99. The van der Waals surface area contributed by atoms with E-state index in [1.807, 2.05) is 13.8 Å². The zero-order valence-electron chi connectivity index (χ0n) is 13.6. The van der Waals surface area contributed by atoms with Crippen molar-refractivity contribution in [2.45, 2.75) is 32.9 Å². The molecule has 1 aromatic rings. The van der Waals surface area contributed by atoms with Gasteiger partial charge in [0.25, 0.3) is 0 Å². The van der Waals surface area contributed by atoms with Crippen LogP contribution in [0.3, 0.4) is 0 Å². The zero-order chi connectivity index (χ0) is 17.3. The average Bonchev–Trinajstić information content (AvgIpc) is 2.78. The summed E-state index contributed by atoms with van der Waals surface area (Å²) in [5, 5.41) is 7.25. The number of nitrogens with zero attached hydrogens (tertiary/aromatic N) is 2. The van der Waals surface area contributed by atoms with Crippen molar-refractivity contribution in [3.05, 3.63) is 15.6 Å². The summed E-state index contributed by atoms with van der Waals surface area (Å²) in [5.74, 6) is 0.617. The third-order valence-corrected chi connectivity index (χ3v) is 4.08. The normalized spacial score (nSPS) is 12.5. The van der Waals surface area contributed by atoms with E-state index in [-0.39, 0.29) is 6.61 Å². The van der Waals surface area contributed by atoms with Gasteiger partial charge in [0, 0.05) is 38.0 Å². The van der Waals surface area contributed by atoms with Crippen molar-refractivity contribution in [1.29, 1.82) is 0 Å². The molecular formula is C14H23F3N4OS. The van der Waals surface area contributed by atoms with E-state index in [1.165, 1.54) is 4.88 Å². The van der Waals surface area contributed by atoms with E-state index in [0.717, 1.165) is 17.1 Å². The molecule has 0 fully saturated rings. The summed E-state index contributed by atoms with van der Waals surface area (Å²) in [4.78, 5) is 9.74. The molecule has 9 heteroatoms. The Morgan fingerprint density at radius 1 is 1.26 bits per heavy atom. The fourth-order valence-electron chi connectivity index (χ4n) is 1.72. The second kappa shape index (κ2) is 9.71. The fraction of sp³-hybridized carbons (Fsp3) is 0.714. The van der Waals surface area contributed by atoms with Crippen molar-refractivity contribution >= 4 is 17.3 Å². The maximum atomic E-state index is 11.9. The number of aryl methyl sites for hydroxylation is 2. The second-order valence-corrected chi connectivity index (χ2v) is 6.23. The number of thiazole rings is 1. The standard InChI is InChI=1S/C14H23F3N4OS/c1-10-11(2)23-12(21-10)5-7-20-13(18-3)19-6-4-8-22-9-14(15,16)17/h4-9H2,1-3H3,(H2,18,19,20). The van der Waals surface area contributed by atoms with E-state index in [1.54, 1.807) is 18.4 Å². The molecule has 23 heavy (non-hydrogen) atoms. The Labute approximate surface area is 138 Å². The molecule has 0 saturated heterocycles. The van der Waals surface area contributed by atoms with Crippen LogP contribution in [0, 0.1) is 13.8 Å². The number of ether oxygens (including phenoxy) is 1. The highest BCUT2D eigenvalue weighted by Gasteiger charge is 2.27. The summed E-state index contributed by atoms with van der Waals surface area (Å²) in [6.45, 7) is 4.08. The lowest BCUT2D eigenvalue weighted by Crippen LogP contribution is -2.39. The molecule has 0 spiro atoms. The molecular weight excluding hydrogens is 329 g/mol. The molecule has 0 aromatic carbocycles. The number of aromatic nitrogens is 1. The molecule has 0 bridgehead atoms. The van der Waals surface area contributed by atoms with Crippen molar-refractivity contribution in [2.75, 3.05) is 33.4 Å².